The molecule has 2 aliphatic rings. The minimum absolute atomic E-state index is 0.145. The van der Waals surface area contributed by atoms with Crippen molar-refractivity contribution in [2.24, 2.45) is 17.8 Å². The van der Waals surface area contributed by atoms with Crippen LogP contribution < -0.4 is 0 Å². The molecule has 202 valence electrons. The van der Waals surface area contributed by atoms with Crippen LogP contribution in [0.15, 0.2) is 66.2 Å². The van der Waals surface area contributed by atoms with Gasteiger partial charge in [0.25, 0.3) is 0 Å². The van der Waals surface area contributed by atoms with E-state index in [-0.39, 0.29) is 24.2 Å². The maximum Gasteiger partial charge on any atom is 0.416 e. The number of carbonyl (C=O) groups excluding carboxylic acids is 2. The van der Waals surface area contributed by atoms with Gasteiger partial charge in [-0.1, -0.05) is 54.6 Å². The highest BCUT2D eigenvalue weighted by Crippen LogP contribution is 2.52. The monoisotopic (exact) mass is 537 g/mol. The second-order valence-electron chi connectivity index (χ2n) is 9.58. The maximum absolute atomic E-state index is 13.6. The molecule has 1 fully saturated rings. The molecule has 2 aromatic carbocycles. The van der Waals surface area contributed by atoms with Crippen LogP contribution in [0.5, 0.6) is 0 Å². The summed E-state index contributed by atoms with van der Waals surface area (Å²) in [5.41, 5.74) is -1.87. The lowest BCUT2D eigenvalue weighted by molar-refractivity contribution is -0.172. The molecule has 4 rings (SSSR count). The molecule has 1 saturated heterocycles. The number of methoxy groups -OCH3 is 2. The first kappa shape index (κ1) is 27.9. The number of nitrogens with zero attached hydrogens (tertiary/aromatic N) is 3. The largest absolute Gasteiger partial charge is 0.467 e. The molecule has 0 saturated carbocycles. The number of halogens is 3. The number of alkyl halides is 3. The van der Waals surface area contributed by atoms with Gasteiger partial charge in [0.1, 0.15) is 0 Å². The molecule has 0 radical (unpaired) electrons. The minimum atomic E-state index is -4.63. The summed E-state index contributed by atoms with van der Waals surface area (Å²) in [5.74, 6) is -5.58. The first-order valence-corrected chi connectivity index (χ1v) is 12.3. The lowest BCUT2D eigenvalue weighted by Gasteiger charge is -2.51. The average Bonchev–Trinajstić information content (AvgIpc) is 2.95. The predicted octanol–water partition coefficient (Wildman–Crippen LogP) is 4.62. The zero-order chi connectivity index (χ0) is 28.4. The lowest BCUT2D eigenvalue weighted by atomic mass is 9.59. The highest BCUT2D eigenvalue weighted by Gasteiger charge is 2.63. The molecule has 7 nitrogen and oxygen atoms in total. The van der Waals surface area contributed by atoms with Crippen LogP contribution in [0.25, 0.3) is 0 Å². The van der Waals surface area contributed by atoms with Crippen molar-refractivity contribution in [1.29, 1.82) is 10.5 Å². The zero-order valence-electron chi connectivity index (χ0n) is 21.3. The highest BCUT2D eigenvalue weighted by molar-refractivity contribution is 6.09. The molecule has 10 heteroatoms. The standard InChI is InChI=1S/C29H26F3N3O4/c1-38-26(36)28(27(37)39-2)25-14-22(19-9-6-10-20(13-19)29(30,31)32)24(16-34)23(15-33)21(25)11-12-35(28)17-18-7-4-3-5-8-18/h3-10,13-14,21-24H,11-12,17H2,1-2H3. The molecule has 0 bridgehead atoms. The van der Waals surface area contributed by atoms with E-state index >= 15 is 0 Å². The summed E-state index contributed by atoms with van der Waals surface area (Å²) in [5, 5.41) is 20.3. The Balaban J connectivity index is 1.97. The molecule has 1 aliphatic carbocycles. The summed E-state index contributed by atoms with van der Waals surface area (Å²) < 4.78 is 50.9. The van der Waals surface area contributed by atoms with Gasteiger partial charge < -0.3 is 9.47 Å². The number of ether oxygens (including phenoxy) is 2. The van der Waals surface area contributed by atoms with Crippen LogP contribution in [0.3, 0.4) is 0 Å². The van der Waals surface area contributed by atoms with Gasteiger partial charge in [-0.3, -0.25) is 4.90 Å². The quantitative estimate of drug-likeness (QED) is 0.312. The predicted molar refractivity (Wildman–Crippen MR) is 132 cm³/mol. The Labute approximate surface area is 224 Å². The molecule has 2 aromatic rings. The summed E-state index contributed by atoms with van der Waals surface area (Å²) in [7, 11) is 2.26. The van der Waals surface area contributed by atoms with Crippen LogP contribution in [0, 0.1) is 40.4 Å². The second kappa shape index (κ2) is 10.9. The van der Waals surface area contributed by atoms with E-state index < -0.39 is 52.9 Å². The SMILES string of the molecule is COC(=O)C1(C(=O)OC)C2=CC(c3cccc(C(F)(F)F)c3)C(C#N)C(C#N)C2CCN1Cc1ccccc1. The average molecular weight is 538 g/mol. The van der Waals surface area contributed by atoms with Crippen molar-refractivity contribution in [2.45, 2.75) is 30.6 Å². The van der Waals surface area contributed by atoms with Crippen LogP contribution in [0.1, 0.15) is 29.0 Å². The number of allylic oxidation sites excluding steroid dienone is 1. The Bertz CT molecular complexity index is 1340. The number of hydrogen-bond donors (Lipinski definition) is 0. The molecule has 0 N–H and O–H groups in total. The van der Waals surface area contributed by atoms with Crippen LogP contribution in [-0.4, -0.2) is 43.1 Å². The Morgan fingerprint density at radius 3 is 2.21 bits per heavy atom. The number of likely N-dealkylation sites (tertiary alicyclic amines) is 1. The second-order valence-corrected chi connectivity index (χ2v) is 9.58. The van der Waals surface area contributed by atoms with Crippen LogP contribution in [0.2, 0.25) is 0 Å². The zero-order valence-corrected chi connectivity index (χ0v) is 21.3. The van der Waals surface area contributed by atoms with Crippen molar-refractivity contribution < 1.29 is 32.2 Å². The summed E-state index contributed by atoms with van der Waals surface area (Å²) >= 11 is 0. The number of benzene rings is 2. The molecule has 0 spiro atoms. The number of fused-ring (bicyclic) bond motifs is 1. The van der Waals surface area contributed by atoms with E-state index in [4.69, 9.17) is 9.47 Å². The van der Waals surface area contributed by atoms with E-state index in [0.29, 0.717) is 6.42 Å². The van der Waals surface area contributed by atoms with Crippen molar-refractivity contribution in [3.8, 4) is 12.1 Å². The van der Waals surface area contributed by atoms with Crippen molar-refractivity contribution >= 4 is 11.9 Å². The Morgan fingerprint density at radius 2 is 1.64 bits per heavy atom. The number of nitriles is 2. The Morgan fingerprint density at radius 1 is 1.00 bits per heavy atom. The minimum Gasteiger partial charge on any atom is -0.467 e. The summed E-state index contributed by atoms with van der Waals surface area (Å²) in [4.78, 5) is 28.9. The van der Waals surface area contributed by atoms with E-state index in [1.54, 1.807) is 4.90 Å². The van der Waals surface area contributed by atoms with E-state index in [9.17, 15) is 33.3 Å². The molecule has 4 unspecified atom stereocenters. The smallest absolute Gasteiger partial charge is 0.416 e. The fourth-order valence-electron chi connectivity index (χ4n) is 5.89. The van der Waals surface area contributed by atoms with Crippen molar-refractivity contribution in [3.05, 3.63) is 82.9 Å². The first-order valence-electron chi connectivity index (χ1n) is 12.3. The van der Waals surface area contributed by atoms with Gasteiger partial charge in [0.2, 0.25) is 5.54 Å². The van der Waals surface area contributed by atoms with Crippen LogP contribution in [-0.2, 0) is 31.8 Å². The van der Waals surface area contributed by atoms with Crippen molar-refractivity contribution in [2.75, 3.05) is 20.8 Å². The van der Waals surface area contributed by atoms with E-state index in [1.807, 2.05) is 30.3 Å². The fraction of sp³-hybridized carbons (Fsp3) is 0.379. The number of esters is 2. The number of rotatable bonds is 5. The van der Waals surface area contributed by atoms with E-state index in [0.717, 1.165) is 31.9 Å². The van der Waals surface area contributed by atoms with Gasteiger partial charge in [-0.15, -0.1) is 0 Å². The molecule has 4 atom stereocenters. The van der Waals surface area contributed by atoms with Gasteiger partial charge >= 0.3 is 18.1 Å². The molecular weight excluding hydrogens is 511 g/mol. The first-order chi connectivity index (χ1) is 18.6. The van der Waals surface area contributed by atoms with Gasteiger partial charge in [0, 0.05) is 24.9 Å². The molecule has 0 aromatic heterocycles. The van der Waals surface area contributed by atoms with Crippen LogP contribution in [0.4, 0.5) is 13.2 Å². The van der Waals surface area contributed by atoms with Gasteiger partial charge in [0.15, 0.2) is 0 Å². The van der Waals surface area contributed by atoms with E-state index in [1.165, 1.54) is 18.2 Å². The highest BCUT2D eigenvalue weighted by atomic mass is 19.4. The fourth-order valence-corrected chi connectivity index (χ4v) is 5.89. The van der Waals surface area contributed by atoms with Gasteiger partial charge in [-0.25, -0.2) is 9.59 Å². The third-order valence-electron chi connectivity index (χ3n) is 7.64. The van der Waals surface area contributed by atoms with Gasteiger partial charge in [-0.05, 0) is 29.2 Å². The van der Waals surface area contributed by atoms with Crippen LogP contribution >= 0.6 is 0 Å². The maximum atomic E-state index is 13.6. The molecule has 39 heavy (non-hydrogen) atoms. The number of hydrogen-bond acceptors (Lipinski definition) is 7. The number of piperidine rings is 1. The Kier molecular flexibility index (Phi) is 7.80. The molecule has 0 amide bonds. The lowest BCUT2D eigenvalue weighted by Crippen LogP contribution is -2.67. The number of carbonyl (C=O) groups is 2. The normalized spacial score (nSPS) is 24.3. The van der Waals surface area contributed by atoms with Crippen molar-refractivity contribution in [3.63, 3.8) is 0 Å². The molecule has 1 aliphatic heterocycles. The third-order valence-corrected chi connectivity index (χ3v) is 7.64. The summed E-state index contributed by atoms with van der Waals surface area (Å²) in [6.07, 6.45) is -2.79. The Hall–Kier alpha value is -4.15. The van der Waals surface area contributed by atoms with Gasteiger partial charge in [-0.2, -0.15) is 23.7 Å². The van der Waals surface area contributed by atoms with E-state index in [2.05, 4.69) is 12.1 Å². The third kappa shape index (κ3) is 4.77. The van der Waals surface area contributed by atoms with Gasteiger partial charge in [0.05, 0.1) is 43.8 Å². The molecule has 1 heterocycles. The summed E-state index contributed by atoms with van der Waals surface area (Å²) in [6, 6.07) is 17.9. The topological polar surface area (TPSA) is 103 Å². The summed E-state index contributed by atoms with van der Waals surface area (Å²) in [6.45, 7) is 0.355. The molecular formula is C29H26F3N3O4. The van der Waals surface area contributed by atoms with Crippen molar-refractivity contribution in [1.82, 2.24) is 4.90 Å².